The zero-order chi connectivity index (χ0) is 27.7. The third-order valence-corrected chi connectivity index (χ3v) is 9.00. The topological polar surface area (TPSA) is 93.4 Å². The Morgan fingerprint density at radius 1 is 1.16 bits per heavy atom. The van der Waals surface area contributed by atoms with Crippen molar-refractivity contribution in [2.24, 2.45) is 4.99 Å². The van der Waals surface area contributed by atoms with Gasteiger partial charge in [0.1, 0.15) is 23.3 Å². The molecule has 0 spiro atoms. The quantitative estimate of drug-likeness (QED) is 0.368. The van der Waals surface area contributed by atoms with Crippen molar-refractivity contribution < 1.29 is 19.4 Å². The molecule has 4 rings (SSSR count). The van der Waals surface area contributed by atoms with Gasteiger partial charge in [0.05, 0.1) is 37.2 Å². The van der Waals surface area contributed by atoms with E-state index < -0.39 is 6.04 Å². The van der Waals surface area contributed by atoms with Gasteiger partial charge in [-0.2, -0.15) is 0 Å². The molecule has 0 unspecified atom stereocenters. The number of phenols is 1. The maximum atomic E-state index is 14.0. The minimum absolute atomic E-state index is 0.178. The van der Waals surface area contributed by atoms with Crippen LogP contribution in [0.4, 0.5) is 0 Å². The molecule has 1 aromatic heterocycles. The smallest absolute Gasteiger partial charge is 0.271 e. The average molecular weight is 759 g/mol. The molecule has 0 saturated heterocycles. The number of halogens is 2. The minimum Gasteiger partial charge on any atom is -0.506 e. The zero-order valence-electron chi connectivity index (χ0n) is 21.5. The molecule has 11 heteroatoms. The van der Waals surface area contributed by atoms with Gasteiger partial charge in [0.25, 0.3) is 11.5 Å². The normalized spacial score (nSPS) is 15.2. The Kier molecular flexibility index (Phi) is 8.87. The number of carbonyl (C=O) groups excluding carboxylic acids is 1. The maximum absolute atomic E-state index is 14.0. The molecule has 1 amide bonds. The number of thiazole rings is 1. The predicted molar refractivity (Wildman–Crippen MR) is 165 cm³/mol. The van der Waals surface area contributed by atoms with E-state index in [0.29, 0.717) is 57.9 Å². The van der Waals surface area contributed by atoms with E-state index >= 15 is 0 Å². The van der Waals surface area contributed by atoms with Crippen molar-refractivity contribution >= 4 is 68.5 Å². The van der Waals surface area contributed by atoms with Gasteiger partial charge in [-0.1, -0.05) is 11.3 Å². The monoisotopic (exact) mass is 759 g/mol. The van der Waals surface area contributed by atoms with Gasteiger partial charge in [-0.15, -0.1) is 0 Å². The van der Waals surface area contributed by atoms with Gasteiger partial charge in [0.15, 0.2) is 4.80 Å². The van der Waals surface area contributed by atoms with E-state index in [-0.39, 0.29) is 17.2 Å². The van der Waals surface area contributed by atoms with Crippen molar-refractivity contribution in [1.82, 2.24) is 9.47 Å². The summed E-state index contributed by atoms with van der Waals surface area (Å²) in [7, 11) is 3.13. The lowest BCUT2D eigenvalue weighted by molar-refractivity contribution is -0.127. The molecule has 0 fully saturated rings. The van der Waals surface area contributed by atoms with E-state index in [9.17, 15) is 14.7 Å². The van der Waals surface area contributed by atoms with E-state index in [2.05, 4.69) is 45.2 Å². The van der Waals surface area contributed by atoms with Gasteiger partial charge >= 0.3 is 0 Å². The summed E-state index contributed by atoms with van der Waals surface area (Å²) in [5.74, 6) is 1.15. The first-order valence-corrected chi connectivity index (χ1v) is 14.8. The second kappa shape index (κ2) is 11.8. The molecule has 0 bridgehead atoms. The van der Waals surface area contributed by atoms with Gasteiger partial charge in [0, 0.05) is 18.7 Å². The predicted octanol–water partition coefficient (Wildman–Crippen LogP) is 4.04. The first-order chi connectivity index (χ1) is 18.1. The summed E-state index contributed by atoms with van der Waals surface area (Å²) in [5, 5.41) is 10.2. The largest absolute Gasteiger partial charge is 0.506 e. The number of carbonyl (C=O) groups is 1. The summed E-state index contributed by atoms with van der Waals surface area (Å²) in [6, 6.07) is 8.24. The highest BCUT2D eigenvalue weighted by Gasteiger charge is 2.36. The van der Waals surface area contributed by atoms with Crippen LogP contribution in [0.1, 0.15) is 37.9 Å². The number of hydrogen-bond donors (Lipinski definition) is 1. The lowest BCUT2D eigenvalue weighted by atomic mass is 9.93. The Bertz CT molecular complexity index is 1600. The van der Waals surface area contributed by atoms with Crippen LogP contribution in [-0.4, -0.2) is 47.8 Å². The van der Waals surface area contributed by atoms with Crippen LogP contribution >= 0.6 is 56.5 Å². The number of ether oxygens (including phenoxy) is 2. The van der Waals surface area contributed by atoms with Crippen molar-refractivity contribution in [2.45, 2.75) is 26.8 Å². The fraction of sp³-hybridized carbons (Fsp3) is 0.296. The number of amides is 1. The lowest BCUT2D eigenvalue weighted by Crippen LogP contribution is -2.43. The van der Waals surface area contributed by atoms with E-state index in [4.69, 9.17) is 14.5 Å². The number of aromatic nitrogens is 1. The van der Waals surface area contributed by atoms with E-state index in [0.717, 1.165) is 5.56 Å². The molecular weight excluding hydrogens is 732 g/mol. The number of rotatable bonds is 7. The molecule has 2 heterocycles. The number of phenolic OH excluding ortho intramolecular Hbond substituents is 1. The minimum atomic E-state index is -0.758. The molecule has 200 valence electrons. The number of nitrogens with zero attached hydrogens (tertiary/aromatic N) is 3. The number of likely N-dealkylation sites (N-methyl/N-ethyl adjacent to an activating group) is 1. The van der Waals surface area contributed by atoms with Gasteiger partial charge in [-0.3, -0.25) is 14.2 Å². The Labute approximate surface area is 251 Å². The fourth-order valence-corrected chi connectivity index (χ4v) is 7.31. The molecule has 0 radical (unpaired) electrons. The van der Waals surface area contributed by atoms with Crippen LogP contribution in [0.2, 0.25) is 0 Å². The average Bonchev–Trinajstić information content (AvgIpc) is 3.20. The van der Waals surface area contributed by atoms with Crippen LogP contribution in [0.3, 0.4) is 0 Å². The number of methoxy groups -OCH3 is 2. The van der Waals surface area contributed by atoms with Gasteiger partial charge in [-0.25, -0.2) is 4.99 Å². The van der Waals surface area contributed by atoms with Crippen molar-refractivity contribution in [3.63, 3.8) is 0 Å². The summed E-state index contributed by atoms with van der Waals surface area (Å²) in [6.07, 6.45) is 1.79. The highest BCUT2D eigenvalue weighted by molar-refractivity contribution is 14.1. The molecule has 1 N–H and O–H groups in total. The SMILES string of the molecule is CCN(CC)C(=O)C1=C(C)N=c2s/c(=C/c3cc(I)c(O)c(I)c3)c(=O)n2[C@H]1c1cc(OC)ccc1OC. The molecule has 3 aromatic rings. The van der Waals surface area contributed by atoms with E-state index in [1.807, 2.05) is 26.0 Å². The molecule has 1 atom stereocenters. The number of aromatic hydroxyl groups is 1. The van der Waals surface area contributed by atoms with Crippen LogP contribution in [0.15, 0.2) is 51.4 Å². The summed E-state index contributed by atoms with van der Waals surface area (Å²) in [6.45, 7) is 6.70. The summed E-state index contributed by atoms with van der Waals surface area (Å²) in [5.41, 5.74) is 2.14. The van der Waals surface area contributed by atoms with Crippen LogP contribution in [0.25, 0.3) is 6.08 Å². The highest BCUT2D eigenvalue weighted by Crippen LogP contribution is 2.38. The second-order valence-electron chi connectivity index (χ2n) is 8.50. The Morgan fingerprint density at radius 3 is 2.39 bits per heavy atom. The van der Waals surface area contributed by atoms with Crippen molar-refractivity contribution in [2.75, 3.05) is 27.3 Å². The van der Waals surface area contributed by atoms with Gasteiger partial charge in [0.2, 0.25) is 0 Å². The number of hydrogen-bond acceptors (Lipinski definition) is 7. The molecular formula is C27H27I2N3O5S. The summed E-state index contributed by atoms with van der Waals surface area (Å²) >= 11 is 5.40. The van der Waals surface area contributed by atoms with E-state index in [1.54, 1.807) is 54.9 Å². The number of allylic oxidation sites excluding steroid dienone is 1. The summed E-state index contributed by atoms with van der Waals surface area (Å²) < 4.78 is 14.6. The lowest BCUT2D eigenvalue weighted by Gasteiger charge is -2.30. The van der Waals surface area contributed by atoms with Crippen molar-refractivity contribution in [3.8, 4) is 17.2 Å². The first-order valence-electron chi connectivity index (χ1n) is 11.9. The third kappa shape index (κ3) is 5.24. The molecule has 0 saturated carbocycles. The first kappa shape index (κ1) is 28.6. The molecule has 38 heavy (non-hydrogen) atoms. The zero-order valence-corrected chi connectivity index (χ0v) is 26.7. The number of benzene rings is 2. The Hall–Kier alpha value is -2.39. The van der Waals surface area contributed by atoms with Crippen LogP contribution < -0.4 is 24.4 Å². The Balaban J connectivity index is 2.03. The van der Waals surface area contributed by atoms with Gasteiger partial charge in [-0.05, 0) is 108 Å². The molecule has 8 nitrogen and oxygen atoms in total. The van der Waals surface area contributed by atoms with Crippen LogP contribution in [0, 0.1) is 7.14 Å². The summed E-state index contributed by atoms with van der Waals surface area (Å²) in [4.78, 5) is 34.8. The third-order valence-electron chi connectivity index (χ3n) is 6.37. The molecule has 1 aliphatic heterocycles. The van der Waals surface area contributed by atoms with E-state index in [1.165, 1.54) is 11.3 Å². The highest BCUT2D eigenvalue weighted by atomic mass is 127. The van der Waals surface area contributed by atoms with Crippen molar-refractivity contribution in [1.29, 1.82) is 0 Å². The van der Waals surface area contributed by atoms with Crippen LogP contribution in [0.5, 0.6) is 17.2 Å². The molecule has 2 aromatic carbocycles. The fourth-order valence-electron chi connectivity index (χ4n) is 4.44. The number of fused-ring (bicyclic) bond motifs is 1. The maximum Gasteiger partial charge on any atom is 0.271 e. The second-order valence-corrected chi connectivity index (χ2v) is 11.8. The Morgan fingerprint density at radius 2 is 1.82 bits per heavy atom. The van der Waals surface area contributed by atoms with Gasteiger partial charge < -0.3 is 19.5 Å². The molecule has 1 aliphatic rings. The van der Waals surface area contributed by atoms with Crippen LogP contribution in [-0.2, 0) is 4.79 Å². The standard InChI is InChI=1S/C27H27I2N3O5S/c1-6-31(7-2)26(35)22-14(3)30-27-32(23(22)17-13-16(36-4)8-9-20(17)37-5)25(34)21(38-27)12-15-10-18(28)24(33)19(29)11-15/h8-13,23,33H,6-7H2,1-5H3/b21-12+/t23-/m0/s1. The van der Waals surface area contributed by atoms with Crippen molar-refractivity contribution in [3.05, 3.63) is 79.6 Å². The molecule has 0 aliphatic carbocycles.